The minimum Gasteiger partial charge on any atom is -0.444 e. The van der Waals surface area contributed by atoms with Crippen molar-refractivity contribution in [2.45, 2.75) is 51.3 Å². The summed E-state index contributed by atoms with van der Waals surface area (Å²) in [7, 11) is -3.36. The van der Waals surface area contributed by atoms with E-state index in [0.29, 0.717) is 19.4 Å². The van der Waals surface area contributed by atoms with E-state index in [4.69, 9.17) is 4.74 Å². The summed E-state index contributed by atoms with van der Waals surface area (Å²) in [5, 5.41) is 0. The van der Waals surface area contributed by atoms with Crippen LogP contribution in [0.3, 0.4) is 0 Å². The number of ether oxygens (including phenoxy) is 1. The molecular formula is C17H25BrN2O4S. The zero-order valence-corrected chi connectivity index (χ0v) is 17.4. The lowest BCUT2D eigenvalue weighted by Gasteiger charge is -2.31. The number of likely N-dealkylation sites (tertiary alicyclic amines) is 1. The number of sulfonamides is 1. The molecule has 1 saturated heterocycles. The Morgan fingerprint density at radius 3 is 2.64 bits per heavy atom. The van der Waals surface area contributed by atoms with E-state index >= 15 is 0 Å². The van der Waals surface area contributed by atoms with Gasteiger partial charge in [-0.05, 0) is 51.3 Å². The molecule has 2 rings (SSSR count). The molecule has 25 heavy (non-hydrogen) atoms. The van der Waals surface area contributed by atoms with Crippen molar-refractivity contribution in [3.63, 3.8) is 0 Å². The van der Waals surface area contributed by atoms with Crippen LogP contribution in [0.2, 0.25) is 0 Å². The number of benzene rings is 1. The van der Waals surface area contributed by atoms with E-state index in [2.05, 4.69) is 20.7 Å². The summed E-state index contributed by atoms with van der Waals surface area (Å²) in [5.41, 5.74) is 0.426. The molecule has 0 radical (unpaired) electrons. The monoisotopic (exact) mass is 432 g/mol. The topological polar surface area (TPSA) is 75.7 Å². The van der Waals surface area contributed by atoms with Gasteiger partial charge in [0.15, 0.2) is 0 Å². The molecule has 0 aromatic heterocycles. The molecular weight excluding hydrogens is 408 g/mol. The fourth-order valence-electron chi connectivity index (χ4n) is 2.97. The first-order valence-corrected chi connectivity index (χ1v) is 10.8. The summed E-state index contributed by atoms with van der Waals surface area (Å²) in [6.45, 7) is 5.91. The van der Waals surface area contributed by atoms with Crippen LogP contribution in [-0.4, -0.2) is 49.9 Å². The first-order chi connectivity index (χ1) is 11.4. The van der Waals surface area contributed by atoms with Gasteiger partial charge >= 0.3 is 6.09 Å². The zero-order chi connectivity index (χ0) is 18.8. The molecule has 1 fully saturated rings. The predicted octanol–water partition coefficient (Wildman–Crippen LogP) is 2.92. The molecule has 1 N–H and O–H groups in total. The number of nitrogens with one attached hydrogen (secondary N) is 1. The summed E-state index contributed by atoms with van der Waals surface area (Å²) >= 11 is 3.44. The Morgan fingerprint density at radius 1 is 1.40 bits per heavy atom. The molecule has 0 saturated carbocycles. The molecule has 8 heteroatoms. The second-order valence-electron chi connectivity index (χ2n) is 7.36. The SMILES string of the molecule is CC(C)(C)OC(=O)N1CC[C@H](NS(C)(=O)=O)[C@@H]1Cc1cccc(Br)c1. The van der Waals surface area contributed by atoms with Crippen LogP contribution < -0.4 is 4.72 Å². The van der Waals surface area contributed by atoms with E-state index in [1.165, 1.54) is 0 Å². The lowest BCUT2D eigenvalue weighted by molar-refractivity contribution is 0.0218. The van der Waals surface area contributed by atoms with Crippen molar-refractivity contribution in [1.82, 2.24) is 9.62 Å². The van der Waals surface area contributed by atoms with Crippen molar-refractivity contribution in [2.75, 3.05) is 12.8 Å². The van der Waals surface area contributed by atoms with Crippen LogP contribution in [0.15, 0.2) is 28.7 Å². The lowest BCUT2D eigenvalue weighted by Crippen LogP contribution is -2.48. The van der Waals surface area contributed by atoms with Crippen LogP contribution >= 0.6 is 15.9 Å². The highest BCUT2D eigenvalue weighted by Gasteiger charge is 2.40. The highest BCUT2D eigenvalue weighted by atomic mass is 79.9. The Hall–Kier alpha value is -1.12. The standard InChI is InChI=1S/C17H25BrN2O4S/c1-17(2,3)24-16(21)20-9-8-14(19-25(4,22)23)15(20)11-12-6-5-7-13(18)10-12/h5-7,10,14-15,19H,8-9,11H2,1-4H3/t14-,15-/m0/s1. The fraction of sp³-hybridized carbons (Fsp3) is 0.588. The predicted molar refractivity (Wildman–Crippen MR) is 101 cm³/mol. The molecule has 1 heterocycles. The highest BCUT2D eigenvalue weighted by molar-refractivity contribution is 9.10. The maximum Gasteiger partial charge on any atom is 0.410 e. The van der Waals surface area contributed by atoms with Crippen LogP contribution in [0.1, 0.15) is 32.8 Å². The highest BCUT2D eigenvalue weighted by Crippen LogP contribution is 2.26. The first-order valence-electron chi connectivity index (χ1n) is 8.16. The van der Waals surface area contributed by atoms with Gasteiger partial charge in [-0.1, -0.05) is 28.1 Å². The smallest absolute Gasteiger partial charge is 0.410 e. The first kappa shape index (κ1) is 20.2. The van der Waals surface area contributed by atoms with Crippen molar-refractivity contribution >= 4 is 32.0 Å². The van der Waals surface area contributed by atoms with Crippen molar-refractivity contribution in [3.05, 3.63) is 34.3 Å². The van der Waals surface area contributed by atoms with Crippen molar-refractivity contribution < 1.29 is 17.9 Å². The average Bonchev–Trinajstić information content (AvgIpc) is 2.78. The van der Waals surface area contributed by atoms with Gasteiger partial charge in [-0.25, -0.2) is 17.9 Å². The van der Waals surface area contributed by atoms with Gasteiger partial charge in [0.1, 0.15) is 5.60 Å². The maximum atomic E-state index is 12.6. The third-order valence-corrected chi connectivity index (χ3v) is 5.10. The summed E-state index contributed by atoms with van der Waals surface area (Å²) in [6, 6.07) is 7.17. The molecule has 0 unspecified atom stereocenters. The molecule has 1 aromatic rings. The second kappa shape index (κ2) is 7.63. The van der Waals surface area contributed by atoms with Crippen molar-refractivity contribution in [1.29, 1.82) is 0 Å². The molecule has 2 atom stereocenters. The number of carbonyl (C=O) groups is 1. The number of nitrogens with zero attached hydrogens (tertiary/aromatic N) is 1. The van der Waals surface area contributed by atoms with E-state index in [-0.39, 0.29) is 12.1 Å². The maximum absolute atomic E-state index is 12.6. The van der Waals surface area contributed by atoms with Crippen molar-refractivity contribution in [2.24, 2.45) is 0 Å². The summed E-state index contributed by atoms with van der Waals surface area (Å²) in [6.07, 6.45) is 1.83. The number of hydrogen-bond acceptors (Lipinski definition) is 4. The normalized spacial score (nSPS) is 21.4. The van der Waals surface area contributed by atoms with Crippen LogP contribution in [0, 0.1) is 0 Å². The van der Waals surface area contributed by atoms with Crippen LogP contribution in [-0.2, 0) is 21.2 Å². The third-order valence-electron chi connectivity index (χ3n) is 3.87. The van der Waals surface area contributed by atoms with Gasteiger partial charge in [-0.15, -0.1) is 0 Å². The molecule has 0 aliphatic carbocycles. The number of halogens is 1. The largest absolute Gasteiger partial charge is 0.444 e. The third kappa shape index (κ3) is 6.27. The lowest BCUT2D eigenvalue weighted by atomic mass is 10.0. The number of carbonyl (C=O) groups excluding carboxylic acids is 1. The van der Waals surface area contributed by atoms with Gasteiger partial charge in [-0.2, -0.15) is 0 Å². The molecule has 1 amide bonds. The van der Waals surface area contributed by atoms with Gasteiger partial charge in [0.05, 0.1) is 12.3 Å². The number of rotatable bonds is 4. The van der Waals surface area contributed by atoms with Gasteiger partial charge < -0.3 is 9.64 Å². The number of hydrogen-bond donors (Lipinski definition) is 1. The van der Waals surface area contributed by atoms with E-state index in [1.54, 1.807) is 4.90 Å². The summed E-state index contributed by atoms with van der Waals surface area (Å²) in [5.74, 6) is 0. The second-order valence-corrected chi connectivity index (χ2v) is 10.1. The Labute approximate surface area is 158 Å². The Kier molecular flexibility index (Phi) is 6.17. The number of amides is 1. The van der Waals surface area contributed by atoms with Crippen molar-refractivity contribution in [3.8, 4) is 0 Å². The van der Waals surface area contributed by atoms with Gasteiger partial charge in [0, 0.05) is 17.1 Å². The average molecular weight is 433 g/mol. The van der Waals surface area contributed by atoms with Crippen LogP contribution in [0.25, 0.3) is 0 Å². The van der Waals surface area contributed by atoms with Crippen LogP contribution in [0.5, 0.6) is 0 Å². The molecule has 1 aromatic carbocycles. The van der Waals surface area contributed by atoms with Gasteiger partial charge in [0.25, 0.3) is 0 Å². The minimum absolute atomic E-state index is 0.293. The Bertz CT molecular complexity index is 730. The summed E-state index contributed by atoms with van der Waals surface area (Å²) in [4.78, 5) is 14.2. The van der Waals surface area contributed by atoms with Crippen LogP contribution in [0.4, 0.5) is 4.79 Å². The Morgan fingerprint density at radius 2 is 2.08 bits per heavy atom. The molecule has 6 nitrogen and oxygen atoms in total. The minimum atomic E-state index is -3.36. The molecule has 1 aliphatic rings. The molecule has 140 valence electrons. The molecule has 1 aliphatic heterocycles. The fourth-order valence-corrected chi connectivity index (χ4v) is 4.24. The van der Waals surface area contributed by atoms with E-state index in [1.807, 2.05) is 45.0 Å². The van der Waals surface area contributed by atoms with Gasteiger partial charge in [0.2, 0.25) is 10.0 Å². The Balaban J connectivity index is 2.24. The summed E-state index contributed by atoms with van der Waals surface area (Å²) < 4.78 is 32.5. The quantitative estimate of drug-likeness (QED) is 0.793. The van der Waals surface area contributed by atoms with E-state index < -0.39 is 21.7 Å². The molecule has 0 spiro atoms. The van der Waals surface area contributed by atoms with Gasteiger partial charge in [-0.3, -0.25) is 0 Å². The zero-order valence-electron chi connectivity index (χ0n) is 15.0. The van der Waals surface area contributed by atoms with E-state index in [0.717, 1.165) is 16.3 Å². The van der Waals surface area contributed by atoms with E-state index in [9.17, 15) is 13.2 Å². The molecule has 0 bridgehead atoms.